The van der Waals surface area contributed by atoms with Gasteiger partial charge in [-0.25, -0.2) is 4.98 Å². The summed E-state index contributed by atoms with van der Waals surface area (Å²) in [6.07, 6.45) is 1.61. The third-order valence-electron chi connectivity index (χ3n) is 4.32. The number of thiazole rings is 1. The van der Waals surface area contributed by atoms with E-state index in [9.17, 15) is 9.00 Å². The summed E-state index contributed by atoms with van der Waals surface area (Å²) in [4.78, 5) is 21.1. The van der Waals surface area contributed by atoms with Gasteiger partial charge in [0.15, 0.2) is 5.13 Å². The molecule has 4 aromatic rings. The van der Waals surface area contributed by atoms with Crippen LogP contribution in [0.15, 0.2) is 58.8 Å². The van der Waals surface area contributed by atoms with Crippen molar-refractivity contribution in [3.8, 4) is 11.3 Å². The fraction of sp³-hybridized carbons (Fsp3) is 0.100. The highest BCUT2D eigenvalue weighted by Crippen LogP contribution is 2.33. The number of fused-ring (bicyclic) bond motifs is 1. The molecule has 136 valence electrons. The molecule has 27 heavy (non-hydrogen) atoms. The smallest absolute Gasteiger partial charge is 0.257 e. The van der Waals surface area contributed by atoms with E-state index in [1.807, 2.05) is 30.5 Å². The zero-order valence-corrected chi connectivity index (χ0v) is 16.4. The second kappa shape index (κ2) is 7.09. The van der Waals surface area contributed by atoms with Crippen LogP contribution in [-0.2, 0) is 10.8 Å². The first kappa shape index (κ1) is 17.6. The molecule has 4 rings (SSSR count). The van der Waals surface area contributed by atoms with Crippen LogP contribution in [0.4, 0.5) is 5.13 Å². The first-order valence-corrected chi connectivity index (χ1v) is 10.7. The summed E-state index contributed by atoms with van der Waals surface area (Å²) in [5, 5.41) is 6.44. The van der Waals surface area contributed by atoms with Gasteiger partial charge in [-0.1, -0.05) is 18.2 Å². The van der Waals surface area contributed by atoms with E-state index in [1.165, 1.54) is 11.3 Å². The molecule has 1 amide bonds. The number of amides is 1. The number of anilines is 1. The van der Waals surface area contributed by atoms with Gasteiger partial charge >= 0.3 is 0 Å². The Hall–Kier alpha value is -2.77. The summed E-state index contributed by atoms with van der Waals surface area (Å²) in [6.45, 7) is 2.02. The number of carbonyl (C=O) groups excluding carboxylic acids is 1. The van der Waals surface area contributed by atoms with Gasteiger partial charge < -0.3 is 4.98 Å². The van der Waals surface area contributed by atoms with Crippen molar-refractivity contribution in [3.63, 3.8) is 0 Å². The Labute approximate surface area is 162 Å². The summed E-state index contributed by atoms with van der Waals surface area (Å²) < 4.78 is 11.5. The van der Waals surface area contributed by atoms with E-state index in [0.717, 1.165) is 27.9 Å². The van der Waals surface area contributed by atoms with Crippen LogP contribution >= 0.6 is 11.3 Å². The molecule has 1 atom stereocenters. The zero-order valence-electron chi connectivity index (χ0n) is 14.8. The Kier molecular flexibility index (Phi) is 4.63. The number of aromatic nitrogens is 2. The monoisotopic (exact) mass is 395 g/mol. The Morgan fingerprint density at radius 1 is 1.15 bits per heavy atom. The molecule has 0 spiro atoms. The first-order valence-electron chi connectivity index (χ1n) is 8.31. The van der Waals surface area contributed by atoms with Gasteiger partial charge in [0.25, 0.3) is 5.91 Å². The molecule has 2 heterocycles. The van der Waals surface area contributed by atoms with Crippen molar-refractivity contribution in [2.75, 3.05) is 11.6 Å². The highest BCUT2D eigenvalue weighted by atomic mass is 32.2. The summed E-state index contributed by atoms with van der Waals surface area (Å²) in [5.41, 5.74) is 4.50. The van der Waals surface area contributed by atoms with E-state index < -0.39 is 10.8 Å². The molecule has 0 radical (unpaired) electrons. The van der Waals surface area contributed by atoms with E-state index >= 15 is 0 Å². The number of aryl methyl sites for hydroxylation is 1. The molecule has 2 N–H and O–H groups in total. The maximum Gasteiger partial charge on any atom is 0.257 e. The first-order chi connectivity index (χ1) is 13.0. The lowest BCUT2D eigenvalue weighted by molar-refractivity contribution is 0.102. The standard InChI is InChI=1S/C20H17N3O2S2/c1-12-18(15-5-3-4-6-16(15)21-12)17-11-26-20(22-17)23-19(24)13-7-9-14(10-8-13)27(2)25/h3-11,21H,1-2H3,(H,22,23,24)/t27-/m0/s1. The summed E-state index contributed by atoms with van der Waals surface area (Å²) >= 11 is 1.39. The van der Waals surface area contributed by atoms with E-state index in [1.54, 1.807) is 30.5 Å². The largest absolute Gasteiger partial charge is 0.358 e. The lowest BCUT2D eigenvalue weighted by atomic mass is 10.1. The fourth-order valence-corrected chi connectivity index (χ4v) is 4.24. The highest BCUT2D eigenvalue weighted by Gasteiger charge is 2.15. The minimum atomic E-state index is -1.06. The van der Waals surface area contributed by atoms with Gasteiger partial charge in [0.1, 0.15) is 0 Å². The molecule has 0 saturated carbocycles. The number of H-pyrrole nitrogens is 1. The highest BCUT2D eigenvalue weighted by molar-refractivity contribution is 7.84. The number of benzene rings is 2. The molecule has 2 aromatic carbocycles. The Balaban J connectivity index is 1.58. The average molecular weight is 396 g/mol. The zero-order chi connectivity index (χ0) is 19.0. The van der Waals surface area contributed by atoms with Gasteiger partial charge in [0.2, 0.25) is 0 Å². The number of nitrogens with one attached hydrogen (secondary N) is 2. The normalized spacial score (nSPS) is 12.2. The molecule has 0 aliphatic carbocycles. The number of carbonyl (C=O) groups is 1. The molecule has 0 fully saturated rings. The van der Waals surface area contributed by atoms with Crippen molar-refractivity contribution < 1.29 is 9.00 Å². The predicted octanol–water partition coefficient (Wildman–Crippen LogP) is 4.59. The SMILES string of the molecule is Cc1[nH]c2ccccc2c1-c1csc(NC(=O)c2ccc([S@](C)=O)cc2)n1. The number of para-hydroxylation sites is 1. The van der Waals surface area contributed by atoms with Crippen LogP contribution < -0.4 is 5.32 Å². The Morgan fingerprint density at radius 3 is 2.63 bits per heavy atom. The third kappa shape index (κ3) is 3.43. The van der Waals surface area contributed by atoms with Crippen LogP contribution in [0, 0.1) is 6.92 Å². The molecule has 0 unspecified atom stereocenters. The van der Waals surface area contributed by atoms with Gasteiger partial charge in [0, 0.05) is 55.1 Å². The number of aromatic amines is 1. The minimum absolute atomic E-state index is 0.236. The number of rotatable bonds is 4. The van der Waals surface area contributed by atoms with Crippen molar-refractivity contribution in [1.82, 2.24) is 9.97 Å². The van der Waals surface area contributed by atoms with Gasteiger partial charge in [-0.2, -0.15) is 0 Å². The lowest BCUT2D eigenvalue weighted by Gasteiger charge is -2.03. The fourth-order valence-electron chi connectivity index (χ4n) is 3.02. The summed E-state index contributed by atoms with van der Waals surface area (Å²) in [7, 11) is -1.06. The second-order valence-electron chi connectivity index (χ2n) is 6.14. The molecule has 0 bridgehead atoms. The topological polar surface area (TPSA) is 74.8 Å². The van der Waals surface area contributed by atoms with E-state index in [0.29, 0.717) is 15.6 Å². The van der Waals surface area contributed by atoms with E-state index in [2.05, 4.69) is 21.4 Å². The quantitative estimate of drug-likeness (QED) is 0.531. The predicted molar refractivity (Wildman–Crippen MR) is 111 cm³/mol. The number of hydrogen-bond acceptors (Lipinski definition) is 4. The van der Waals surface area contributed by atoms with Gasteiger partial charge in [0.05, 0.1) is 5.69 Å². The van der Waals surface area contributed by atoms with Crippen molar-refractivity contribution in [2.24, 2.45) is 0 Å². The van der Waals surface area contributed by atoms with Crippen LogP contribution in [0.1, 0.15) is 16.1 Å². The van der Waals surface area contributed by atoms with Crippen LogP contribution in [0.3, 0.4) is 0 Å². The summed E-state index contributed by atoms with van der Waals surface area (Å²) in [5.74, 6) is -0.236. The Morgan fingerprint density at radius 2 is 1.89 bits per heavy atom. The van der Waals surface area contributed by atoms with Gasteiger partial charge in [-0.05, 0) is 37.3 Å². The molecule has 5 nitrogen and oxygen atoms in total. The lowest BCUT2D eigenvalue weighted by Crippen LogP contribution is -2.11. The maximum atomic E-state index is 12.4. The average Bonchev–Trinajstić information content (AvgIpc) is 3.24. The van der Waals surface area contributed by atoms with E-state index in [-0.39, 0.29) is 5.91 Å². The van der Waals surface area contributed by atoms with Crippen molar-refractivity contribution >= 4 is 44.1 Å². The van der Waals surface area contributed by atoms with Gasteiger partial charge in [-0.3, -0.25) is 14.3 Å². The van der Waals surface area contributed by atoms with Crippen LogP contribution in [-0.4, -0.2) is 26.3 Å². The molecule has 0 aliphatic heterocycles. The van der Waals surface area contributed by atoms with E-state index in [4.69, 9.17) is 0 Å². The Bertz CT molecular complexity index is 1160. The van der Waals surface area contributed by atoms with Crippen LogP contribution in [0.5, 0.6) is 0 Å². The van der Waals surface area contributed by atoms with Crippen LogP contribution in [0.2, 0.25) is 0 Å². The molecular formula is C20H17N3O2S2. The van der Waals surface area contributed by atoms with Crippen molar-refractivity contribution in [1.29, 1.82) is 0 Å². The molecule has 0 aliphatic rings. The van der Waals surface area contributed by atoms with Crippen molar-refractivity contribution in [2.45, 2.75) is 11.8 Å². The van der Waals surface area contributed by atoms with Crippen molar-refractivity contribution in [3.05, 3.63) is 65.2 Å². The van der Waals surface area contributed by atoms with Gasteiger partial charge in [-0.15, -0.1) is 11.3 Å². The second-order valence-corrected chi connectivity index (χ2v) is 8.38. The summed E-state index contributed by atoms with van der Waals surface area (Å²) in [6, 6.07) is 14.8. The molecule has 0 saturated heterocycles. The maximum absolute atomic E-state index is 12.4. The number of nitrogens with zero attached hydrogens (tertiary/aromatic N) is 1. The minimum Gasteiger partial charge on any atom is -0.358 e. The third-order valence-corrected chi connectivity index (χ3v) is 6.02. The molecule has 2 aromatic heterocycles. The van der Waals surface area contributed by atoms with Crippen LogP contribution in [0.25, 0.3) is 22.2 Å². The number of hydrogen-bond donors (Lipinski definition) is 2. The molecule has 7 heteroatoms. The molecular weight excluding hydrogens is 378 g/mol.